The zero-order valence-corrected chi connectivity index (χ0v) is 13.5. The molecule has 0 atom stereocenters. The van der Waals surface area contributed by atoms with Gasteiger partial charge in [-0.05, 0) is 36.1 Å². The van der Waals surface area contributed by atoms with Gasteiger partial charge in [-0.2, -0.15) is 13.2 Å². The minimum atomic E-state index is -4.37. The summed E-state index contributed by atoms with van der Waals surface area (Å²) in [6.45, 7) is 2.14. The Morgan fingerprint density at radius 3 is 2.57 bits per heavy atom. The van der Waals surface area contributed by atoms with Crippen LogP contribution < -0.4 is 14.8 Å². The number of alkyl halides is 3. The zero-order chi connectivity index (χ0) is 16.7. The molecule has 1 aromatic carbocycles. The number of hydrogen-bond acceptors (Lipinski definition) is 4. The van der Waals surface area contributed by atoms with Crippen LogP contribution in [-0.2, 0) is 13.1 Å². The molecule has 3 nitrogen and oxygen atoms in total. The summed E-state index contributed by atoms with van der Waals surface area (Å²) in [6.07, 6.45) is -4.37. The van der Waals surface area contributed by atoms with E-state index in [1.165, 1.54) is 10.9 Å². The fourth-order valence-corrected chi connectivity index (χ4v) is 2.63. The Hall–Kier alpha value is -1.73. The van der Waals surface area contributed by atoms with Gasteiger partial charge in [0, 0.05) is 18.0 Å². The van der Waals surface area contributed by atoms with Crippen LogP contribution in [0, 0.1) is 0 Å². The van der Waals surface area contributed by atoms with Gasteiger partial charge in [-0.25, -0.2) is 0 Å². The smallest absolute Gasteiger partial charge is 0.422 e. The Kier molecular flexibility index (Phi) is 6.29. The van der Waals surface area contributed by atoms with Gasteiger partial charge >= 0.3 is 6.18 Å². The van der Waals surface area contributed by atoms with E-state index in [1.807, 2.05) is 17.5 Å². The molecule has 0 spiro atoms. The average Bonchev–Trinajstić information content (AvgIpc) is 2.99. The van der Waals surface area contributed by atoms with Crippen LogP contribution in [0.25, 0.3) is 0 Å². The van der Waals surface area contributed by atoms with Crippen molar-refractivity contribution in [3.8, 4) is 11.5 Å². The third kappa shape index (κ3) is 6.11. The summed E-state index contributed by atoms with van der Waals surface area (Å²) in [5.41, 5.74) is 0.921. The largest absolute Gasteiger partial charge is 0.490 e. The van der Waals surface area contributed by atoms with E-state index in [1.54, 1.807) is 30.4 Å². The van der Waals surface area contributed by atoms with Crippen LogP contribution in [-0.4, -0.2) is 19.4 Å². The number of thiophene rings is 1. The first-order valence-corrected chi connectivity index (χ1v) is 8.04. The van der Waals surface area contributed by atoms with Gasteiger partial charge in [0.05, 0.1) is 6.61 Å². The van der Waals surface area contributed by atoms with Crippen molar-refractivity contribution < 1.29 is 22.6 Å². The van der Waals surface area contributed by atoms with Crippen molar-refractivity contribution in [3.63, 3.8) is 0 Å². The first-order valence-electron chi connectivity index (χ1n) is 7.16. The molecule has 126 valence electrons. The summed E-state index contributed by atoms with van der Waals surface area (Å²) >= 11 is 1.67. The predicted octanol–water partition coefficient (Wildman–Crippen LogP) is 4.38. The molecule has 0 saturated carbocycles. The van der Waals surface area contributed by atoms with E-state index in [0.29, 0.717) is 18.9 Å². The summed E-state index contributed by atoms with van der Waals surface area (Å²) in [6, 6.07) is 8.98. The highest BCUT2D eigenvalue weighted by atomic mass is 32.1. The van der Waals surface area contributed by atoms with Gasteiger partial charge in [-0.3, -0.25) is 0 Å². The second-order valence-corrected chi connectivity index (χ2v) is 5.83. The number of benzene rings is 1. The fourth-order valence-electron chi connectivity index (χ4n) is 1.95. The molecule has 0 amide bonds. The van der Waals surface area contributed by atoms with Crippen LogP contribution in [0.15, 0.2) is 35.7 Å². The van der Waals surface area contributed by atoms with Crippen molar-refractivity contribution in [2.24, 2.45) is 0 Å². The summed E-state index contributed by atoms with van der Waals surface area (Å²) < 4.78 is 47.0. The minimum Gasteiger partial charge on any atom is -0.490 e. The minimum absolute atomic E-state index is 0.103. The standard InChI is InChI=1S/C16H18F3NO2S/c1-2-21-15-8-12(9-20-10-13-4-3-7-23-13)5-6-14(15)22-11-16(17,18)19/h3-8,20H,2,9-11H2,1H3. The molecule has 7 heteroatoms. The van der Waals surface area contributed by atoms with Crippen LogP contribution in [0.2, 0.25) is 0 Å². The Morgan fingerprint density at radius 2 is 1.91 bits per heavy atom. The number of nitrogens with one attached hydrogen (secondary N) is 1. The molecule has 0 saturated heterocycles. The van der Waals surface area contributed by atoms with Crippen molar-refractivity contribution in [1.29, 1.82) is 0 Å². The van der Waals surface area contributed by atoms with E-state index in [-0.39, 0.29) is 5.75 Å². The maximum absolute atomic E-state index is 12.3. The Labute approximate surface area is 137 Å². The normalized spacial score (nSPS) is 11.5. The molecule has 1 heterocycles. The number of halogens is 3. The van der Waals surface area contributed by atoms with E-state index < -0.39 is 12.8 Å². The van der Waals surface area contributed by atoms with Crippen molar-refractivity contribution in [2.75, 3.05) is 13.2 Å². The molecular weight excluding hydrogens is 327 g/mol. The molecule has 0 fully saturated rings. The second kappa shape index (κ2) is 8.21. The van der Waals surface area contributed by atoms with Crippen molar-refractivity contribution >= 4 is 11.3 Å². The monoisotopic (exact) mass is 345 g/mol. The highest BCUT2D eigenvalue weighted by Crippen LogP contribution is 2.30. The molecule has 0 aliphatic carbocycles. The van der Waals surface area contributed by atoms with Gasteiger partial charge in [0.15, 0.2) is 18.1 Å². The number of hydrogen-bond donors (Lipinski definition) is 1. The maximum atomic E-state index is 12.3. The topological polar surface area (TPSA) is 30.5 Å². The van der Waals surface area contributed by atoms with Gasteiger partial charge < -0.3 is 14.8 Å². The highest BCUT2D eigenvalue weighted by Gasteiger charge is 2.29. The van der Waals surface area contributed by atoms with Gasteiger partial charge in [0.2, 0.25) is 0 Å². The van der Waals surface area contributed by atoms with Gasteiger partial charge in [-0.15, -0.1) is 11.3 Å². The number of rotatable bonds is 8. The maximum Gasteiger partial charge on any atom is 0.422 e. The van der Waals surface area contributed by atoms with Crippen molar-refractivity contribution in [2.45, 2.75) is 26.2 Å². The lowest BCUT2D eigenvalue weighted by molar-refractivity contribution is -0.153. The molecule has 0 aliphatic heterocycles. The third-order valence-corrected chi connectivity index (χ3v) is 3.78. The van der Waals surface area contributed by atoms with Crippen LogP contribution in [0.3, 0.4) is 0 Å². The molecular formula is C16H18F3NO2S. The van der Waals surface area contributed by atoms with Gasteiger partial charge in [-0.1, -0.05) is 12.1 Å². The zero-order valence-electron chi connectivity index (χ0n) is 12.7. The highest BCUT2D eigenvalue weighted by molar-refractivity contribution is 7.09. The lowest BCUT2D eigenvalue weighted by atomic mass is 10.2. The van der Waals surface area contributed by atoms with Crippen LogP contribution in [0.1, 0.15) is 17.4 Å². The lowest BCUT2D eigenvalue weighted by Crippen LogP contribution is -2.19. The summed E-state index contributed by atoms with van der Waals surface area (Å²) in [4.78, 5) is 1.22. The predicted molar refractivity (Wildman–Crippen MR) is 84.0 cm³/mol. The summed E-state index contributed by atoms with van der Waals surface area (Å²) in [7, 11) is 0. The molecule has 1 aromatic heterocycles. The summed E-state index contributed by atoms with van der Waals surface area (Å²) in [5.74, 6) is 0.429. The van der Waals surface area contributed by atoms with E-state index in [9.17, 15) is 13.2 Å². The van der Waals surface area contributed by atoms with Gasteiger partial charge in [0.1, 0.15) is 0 Å². The Morgan fingerprint density at radius 1 is 1.09 bits per heavy atom. The van der Waals surface area contributed by atoms with E-state index in [0.717, 1.165) is 12.1 Å². The Bertz CT molecular complexity index is 600. The first kappa shape index (κ1) is 17.6. The molecule has 23 heavy (non-hydrogen) atoms. The molecule has 0 unspecified atom stereocenters. The van der Waals surface area contributed by atoms with Gasteiger partial charge in [0.25, 0.3) is 0 Å². The lowest BCUT2D eigenvalue weighted by Gasteiger charge is -2.14. The molecule has 0 radical (unpaired) electrons. The number of ether oxygens (including phenoxy) is 2. The van der Waals surface area contributed by atoms with E-state index in [4.69, 9.17) is 9.47 Å². The average molecular weight is 345 g/mol. The van der Waals surface area contributed by atoms with E-state index >= 15 is 0 Å². The summed E-state index contributed by atoms with van der Waals surface area (Å²) in [5, 5.41) is 5.29. The van der Waals surface area contributed by atoms with Crippen LogP contribution in [0.5, 0.6) is 11.5 Å². The molecule has 1 N–H and O–H groups in total. The molecule has 0 bridgehead atoms. The Balaban J connectivity index is 1.96. The van der Waals surface area contributed by atoms with Crippen LogP contribution >= 0.6 is 11.3 Å². The van der Waals surface area contributed by atoms with Crippen molar-refractivity contribution in [1.82, 2.24) is 5.32 Å². The SMILES string of the molecule is CCOc1cc(CNCc2cccs2)ccc1OCC(F)(F)F. The van der Waals surface area contributed by atoms with E-state index in [2.05, 4.69) is 5.32 Å². The van der Waals surface area contributed by atoms with Crippen molar-refractivity contribution in [3.05, 3.63) is 46.2 Å². The molecule has 0 aliphatic rings. The first-order chi connectivity index (χ1) is 11.0. The fraction of sp³-hybridized carbons (Fsp3) is 0.375. The quantitative estimate of drug-likeness (QED) is 0.770. The second-order valence-electron chi connectivity index (χ2n) is 4.80. The third-order valence-electron chi connectivity index (χ3n) is 2.91. The molecule has 2 rings (SSSR count). The molecule has 2 aromatic rings. The van der Waals surface area contributed by atoms with Crippen LogP contribution in [0.4, 0.5) is 13.2 Å².